The van der Waals surface area contributed by atoms with Crippen molar-refractivity contribution in [2.24, 2.45) is 0 Å². The van der Waals surface area contributed by atoms with E-state index in [-0.39, 0.29) is 12.5 Å². The Morgan fingerprint density at radius 3 is 2.58 bits per heavy atom. The van der Waals surface area contributed by atoms with Crippen LogP contribution >= 0.6 is 0 Å². The van der Waals surface area contributed by atoms with Gasteiger partial charge in [0, 0.05) is 18.6 Å². The molecule has 0 amide bonds. The summed E-state index contributed by atoms with van der Waals surface area (Å²) in [7, 11) is 1.65. The van der Waals surface area contributed by atoms with Crippen LogP contribution in [0.4, 0.5) is 0 Å². The van der Waals surface area contributed by atoms with Gasteiger partial charge in [0.1, 0.15) is 5.75 Å². The first kappa shape index (κ1) is 15.5. The average molecular weight is 265 g/mol. The van der Waals surface area contributed by atoms with Crippen molar-refractivity contribution in [1.82, 2.24) is 4.90 Å². The fourth-order valence-electron chi connectivity index (χ4n) is 2.22. The van der Waals surface area contributed by atoms with Gasteiger partial charge in [-0.2, -0.15) is 0 Å². The van der Waals surface area contributed by atoms with Gasteiger partial charge in [0.15, 0.2) is 0 Å². The van der Waals surface area contributed by atoms with E-state index in [2.05, 4.69) is 25.7 Å². The van der Waals surface area contributed by atoms with E-state index in [1.165, 1.54) is 0 Å². The third-order valence-corrected chi connectivity index (χ3v) is 3.32. The van der Waals surface area contributed by atoms with Crippen molar-refractivity contribution < 1.29 is 14.6 Å². The van der Waals surface area contributed by atoms with E-state index in [1.54, 1.807) is 7.11 Å². The fraction of sp³-hybridized carbons (Fsp3) is 0.533. The van der Waals surface area contributed by atoms with Crippen LogP contribution in [-0.2, 0) is 4.79 Å². The summed E-state index contributed by atoms with van der Waals surface area (Å²) in [5.41, 5.74) is 1.14. The second kappa shape index (κ2) is 7.14. The summed E-state index contributed by atoms with van der Waals surface area (Å²) in [6.45, 7) is 6.80. The number of carboxylic acid groups (broad SMARTS) is 1. The number of carbonyl (C=O) groups is 1. The molecule has 1 aromatic carbocycles. The van der Waals surface area contributed by atoms with Gasteiger partial charge in [-0.05, 0) is 38.5 Å². The van der Waals surface area contributed by atoms with Crippen LogP contribution in [0.25, 0.3) is 0 Å². The van der Waals surface area contributed by atoms with Gasteiger partial charge < -0.3 is 9.84 Å². The molecular formula is C15H23NO3. The first-order chi connectivity index (χ1) is 8.95. The minimum Gasteiger partial charge on any atom is -0.497 e. The van der Waals surface area contributed by atoms with Crippen LogP contribution in [-0.4, -0.2) is 35.7 Å². The van der Waals surface area contributed by atoms with Gasteiger partial charge in [-0.1, -0.05) is 12.1 Å². The van der Waals surface area contributed by atoms with E-state index in [0.29, 0.717) is 12.6 Å². The van der Waals surface area contributed by atoms with Crippen molar-refractivity contribution in [1.29, 1.82) is 0 Å². The van der Waals surface area contributed by atoms with Crippen LogP contribution < -0.4 is 4.74 Å². The average Bonchev–Trinajstić information content (AvgIpc) is 2.38. The number of methoxy groups -OCH3 is 1. The Labute approximate surface area is 115 Å². The van der Waals surface area contributed by atoms with Gasteiger partial charge in [-0.3, -0.25) is 9.69 Å². The Morgan fingerprint density at radius 2 is 2.05 bits per heavy atom. The van der Waals surface area contributed by atoms with Gasteiger partial charge in [0.2, 0.25) is 0 Å². The molecule has 0 fully saturated rings. The van der Waals surface area contributed by atoms with Gasteiger partial charge in [0.05, 0.1) is 13.5 Å². The highest BCUT2D eigenvalue weighted by atomic mass is 16.5. The third kappa shape index (κ3) is 4.56. The summed E-state index contributed by atoms with van der Waals surface area (Å²) in [6, 6.07) is 8.37. The predicted molar refractivity (Wildman–Crippen MR) is 75.5 cm³/mol. The molecular weight excluding hydrogens is 242 g/mol. The normalized spacial score (nSPS) is 12.7. The van der Waals surface area contributed by atoms with E-state index >= 15 is 0 Å². The van der Waals surface area contributed by atoms with Crippen molar-refractivity contribution in [2.75, 3.05) is 13.7 Å². The molecule has 106 valence electrons. The minimum atomic E-state index is -0.761. The molecule has 0 aliphatic rings. The second-order valence-electron chi connectivity index (χ2n) is 4.93. The van der Waals surface area contributed by atoms with Crippen molar-refractivity contribution >= 4 is 5.97 Å². The lowest BCUT2D eigenvalue weighted by atomic mass is 10.0. The van der Waals surface area contributed by atoms with E-state index in [4.69, 9.17) is 9.84 Å². The molecule has 1 unspecified atom stereocenters. The number of hydrogen-bond acceptors (Lipinski definition) is 3. The van der Waals surface area contributed by atoms with E-state index < -0.39 is 5.97 Å². The molecule has 1 atom stereocenters. The zero-order valence-corrected chi connectivity index (χ0v) is 12.1. The van der Waals surface area contributed by atoms with Crippen LogP contribution in [0.2, 0.25) is 0 Å². The number of rotatable bonds is 7. The Kier molecular flexibility index (Phi) is 5.83. The molecule has 0 saturated heterocycles. The SMILES string of the molecule is COc1cccc(C(C)N(CCC(=O)O)C(C)C)c1. The Hall–Kier alpha value is -1.55. The first-order valence-electron chi connectivity index (χ1n) is 6.57. The molecule has 0 bridgehead atoms. The number of aliphatic carboxylic acids is 1. The van der Waals surface area contributed by atoms with E-state index in [0.717, 1.165) is 11.3 Å². The largest absolute Gasteiger partial charge is 0.497 e. The lowest BCUT2D eigenvalue weighted by Gasteiger charge is -2.32. The molecule has 0 aliphatic heterocycles. The van der Waals surface area contributed by atoms with E-state index in [9.17, 15) is 4.79 Å². The molecule has 1 rings (SSSR count). The zero-order valence-electron chi connectivity index (χ0n) is 12.1. The van der Waals surface area contributed by atoms with Crippen LogP contribution in [0.1, 0.15) is 38.8 Å². The van der Waals surface area contributed by atoms with Crippen LogP contribution in [0.3, 0.4) is 0 Å². The summed E-state index contributed by atoms with van der Waals surface area (Å²) in [5.74, 6) is 0.0646. The smallest absolute Gasteiger partial charge is 0.304 e. The highest BCUT2D eigenvalue weighted by Crippen LogP contribution is 2.25. The first-order valence-corrected chi connectivity index (χ1v) is 6.57. The molecule has 0 spiro atoms. The minimum absolute atomic E-state index is 0.159. The molecule has 0 radical (unpaired) electrons. The maximum absolute atomic E-state index is 10.7. The second-order valence-corrected chi connectivity index (χ2v) is 4.93. The fourth-order valence-corrected chi connectivity index (χ4v) is 2.22. The Bertz CT molecular complexity index is 418. The van der Waals surface area contributed by atoms with Crippen molar-refractivity contribution in [3.8, 4) is 5.75 Å². The maximum Gasteiger partial charge on any atom is 0.304 e. The third-order valence-electron chi connectivity index (χ3n) is 3.32. The Balaban J connectivity index is 2.85. The summed E-state index contributed by atoms with van der Waals surface area (Å²) in [6.07, 6.45) is 0.159. The molecule has 4 heteroatoms. The number of hydrogen-bond donors (Lipinski definition) is 1. The van der Waals surface area contributed by atoms with Crippen molar-refractivity contribution in [3.63, 3.8) is 0 Å². The number of nitrogens with zero attached hydrogens (tertiary/aromatic N) is 1. The number of carboxylic acids is 1. The molecule has 0 aromatic heterocycles. The van der Waals surface area contributed by atoms with Gasteiger partial charge in [-0.25, -0.2) is 0 Å². The predicted octanol–water partition coefficient (Wildman–Crippen LogP) is 2.94. The molecule has 0 saturated carbocycles. The summed E-state index contributed by atoms with van der Waals surface area (Å²) in [4.78, 5) is 12.9. The van der Waals surface area contributed by atoms with E-state index in [1.807, 2.05) is 24.3 Å². The summed E-state index contributed by atoms with van der Waals surface area (Å²) < 4.78 is 5.23. The number of benzene rings is 1. The molecule has 1 aromatic rings. The Morgan fingerprint density at radius 1 is 1.37 bits per heavy atom. The van der Waals surface area contributed by atoms with Gasteiger partial charge in [-0.15, -0.1) is 0 Å². The van der Waals surface area contributed by atoms with Gasteiger partial charge in [0.25, 0.3) is 0 Å². The van der Waals surface area contributed by atoms with Crippen LogP contribution in [0, 0.1) is 0 Å². The lowest BCUT2D eigenvalue weighted by Crippen LogP contribution is -2.35. The summed E-state index contributed by atoms with van der Waals surface area (Å²) >= 11 is 0. The standard InChI is InChI=1S/C15H23NO3/c1-11(2)16(9-8-15(17)18)12(3)13-6-5-7-14(10-13)19-4/h5-7,10-12H,8-9H2,1-4H3,(H,17,18). The molecule has 1 N–H and O–H groups in total. The molecule has 19 heavy (non-hydrogen) atoms. The highest BCUT2D eigenvalue weighted by molar-refractivity contribution is 5.66. The molecule has 0 aliphatic carbocycles. The molecule has 4 nitrogen and oxygen atoms in total. The maximum atomic E-state index is 10.7. The quantitative estimate of drug-likeness (QED) is 0.823. The topological polar surface area (TPSA) is 49.8 Å². The lowest BCUT2D eigenvalue weighted by molar-refractivity contribution is -0.137. The van der Waals surface area contributed by atoms with Crippen molar-refractivity contribution in [2.45, 2.75) is 39.3 Å². The highest BCUT2D eigenvalue weighted by Gasteiger charge is 2.19. The van der Waals surface area contributed by atoms with Gasteiger partial charge >= 0.3 is 5.97 Å². The number of ether oxygens (including phenoxy) is 1. The molecule has 0 heterocycles. The van der Waals surface area contributed by atoms with Crippen LogP contribution in [0.15, 0.2) is 24.3 Å². The monoisotopic (exact) mass is 265 g/mol. The summed E-state index contributed by atoms with van der Waals surface area (Å²) in [5, 5.41) is 8.83. The zero-order chi connectivity index (χ0) is 14.4. The van der Waals surface area contributed by atoms with Crippen molar-refractivity contribution in [3.05, 3.63) is 29.8 Å². The van der Waals surface area contributed by atoms with Crippen LogP contribution in [0.5, 0.6) is 5.75 Å².